The van der Waals surface area contributed by atoms with Crippen LogP contribution in [0.4, 0.5) is 4.39 Å². The van der Waals surface area contributed by atoms with Gasteiger partial charge in [0.2, 0.25) is 0 Å². The minimum Gasteiger partial charge on any atom is -0.497 e. The van der Waals surface area contributed by atoms with Crippen LogP contribution in [0, 0.1) is 5.82 Å². The van der Waals surface area contributed by atoms with Gasteiger partial charge in [-0.25, -0.2) is 4.39 Å². The lowest BCUT2D eigenvalue weighted by atomic mass is 10.1. The van der Waals surface area contributed by atoms with Gasteiger partial charge in [0.25, 0.3) is 0 Å². The maximum Gasteiger partial charge on any atom is 0.131 e. The fourth-order valence-electron chi connectivity index (χ4n) is 1.90. The van der Waals surface area contributed by atoms with E-state index in [1.165, 1.54) is 22.6 Å². The van der Waals surface area contributed by atoms with Crippen LogP contribution in [0.15, 0.2) is 35.7 Å². The number of halogens is 2. The van der Waals surface area contributed by atoms with E-state index in [-0.39, 0.29) is 5.82 Å². The Morgan fingerprint density at radius 2 is 2.05 bits per heavy atom. The van der Waals surface area contributed by atoms with Gasteiger partial charge in [-0.3, -0.25) is 0 Å². The van der Waals surface area contributed by atoms with Gasteiger partial charge in [0.1, 0.15) is 11.6 Å². The highest BCUT2D eigenvalue weighted by Gasteiger charge is 2.18. The summed E-state index contributed by atoms with van der Waals surface area (Å²) in [6, 6.07) is 8.86. The molecule has 98 valence electrons. The van der Waals surface area contributed by atoms with E-state index < -0.39 is 5.38 Å². The quantitative estimate of drug-likeness (QED) is 0.585. The van der Waals surface area contributed by atoms with Gasteiger partial charge in [-0.05, 0) is 23.6 Å². The van der Waals surface area contributed by atoms with Crippen LogP contribution < -0.4 is 4.74 Å². The van der Waals surface area contributed by atoms with Crippen molar-refractivity contribution in [2.45, 2.75) is 5.38 Å². The summed E-state index contributed by atoms with van der Waals surface area (Å²) in [7, 11) is 1.51. The van der Waals surface area contributed by atoms with Crippen molar-refractivity contribution in [2.75, 3.05) is 7.11 Å². The van der Waals surface area contributed by atoms with E-state index in [1.54, 1.807) is 34.8 Å². The minimum atomic E-state index is -0.462. The van der Waals surface area contributed by atoms with Gasteiger partial charge in [0, 0.05) is 25.9 Å². The molecule has 19 heavy (non-hydrogen) atoms. The predicted octanol–water partition coefficient (Wildman–Crippen LogP) is 5.44. The largest absolute Gasteiger partial charge is 0.497 e. The normalized spacial score (nSPS) is 12.8. The molecule has 0 aliphatic rings. The fourth-order valence-corrected chi connectivity index (χ4v) is 4.39. The molecule has 1 aromatic carbocycles. The van der Waals surface area contributed by atoms with Crippen LogP contribution in [-0.4, -0.2) is 7.11 Å². The molecular formula is C14H10ClFOS2. The van der Waals surface area contributed by atoms with Gasteiger partial charge in [-0.1, -0.05) is 6.07 Å². The Balaban J connectivity index is 1.99. The maximum absolute atomic E-state index is 14.0. The number of hydrogen-bond donors (Lipinski definition) is 0. The zero-order valence-electron chi connectivity index (χ0n) is 10.0. The van der Waals surface area contributed by atoms with Crippen molar-refractivity contribution in [2.24, 2.45) is 0 Å². The van der Waals surface area contributed by atoms with Gasteiger partial charge in [-0.15, -0.1) is 34.3 Å². The molecule has 2 heterocycles. The first-order valence-corrected chi connectivity index (χ1v) is 7.76. The van der Waals surface area contributed by atoms with Crippen LogP contribution in [0.5, 0.6) is 5.75 Å². The lowest BCUT2D eigenvalue weighted by Gasteiger charge is -2.10. The van der Waals surface area contributed by atoms with Gasteiger partial charge in [0.15, 0.2) is 0 Å². The number of methoxy groups -OCH3 is 1. The highest BCUT2D eigenvalue weighted by Crippen LogP contribution is 2.40. The van der Waals surface area contributed by atoms with Crippen molar-refractivity contribution in [1.29, 1.82) is 0 Å². The molecule has 3 rings (SSSR count). The molecule has 0 spiro atoms. The molecule has 0 N–H and O–H groups in total. The molecule has 1 unspecified atom stereocenters. The number of ether oxygens (including phenoxy) is 1. The second kappa shape index (κ2) is 5.12. The highest BCUT2D eigenvalue weighted by molar-refractivity contribution is 7.27. The van der Waals surface area contributed by atoms with Gasteiger partial charge in [0.05, 0.1) is 12.5 Å². The molecule has 0 aliphatic heterocycles. The summed E-state index contributed by atoms with van der Waals surface area (Å²) in [5.41, 5.74) is 0.483. The molecular weight excluding hydrogens is 303 g/mol. The van der Waals surface area contributed by atoms with E-state index in [2.05, 4.69) is 6.07 Å². The van der Waals surface area contributed by atoms with E-state index in [1.807, 2.05) is 11.4 Å². The zero-order valence-corrected chi connectivity index (χ0v) is 12.4. The van der Waals surface area contributed by atoms with Crippen LogP contribution in [0.2, 0.25) is 0 Å². The van der Waals surface area contributed by atoms with Crippen molar-refractivity contribution >= 4 is 43.7 Å². The van der Waals surface area contributed by atoms with E-state index in [4.69, 9.17) is 16.3 Å². The maximum atomic E-state index is 14.0. The summed E-state index contributed by atoms with van der Waals surface area (Å²) >= 11 is 9.67. The third-order valence-corrected chi connectivity index (χ3v) is 5.65. The lowest BCUT2D eigenvalue weighted by molar-refractivity contribution is 0.411. The summed E-state index contributed by atoms with van der Waals surface area (Å²) in [4.78, 5) is 0.965. The second-order valence-electron chi connectivity index (χ2n) is 4.05. The van der Waals surface area contributed by atoms with E-state index in [9.17, 15) is 4.39 Å². The zero-order chi connectivity index (χ0) is 13.4. The van der Waals surface area contributed by atoms with Gasteiger partial charge < -0.3 is 4.74 Å². The number of hydrogen-bond acceptors (Lipinski definition) is 3. The second-order valence-corrected chi connectivity index (χ2v) is 6.55. The van der Waals surface area contributed by atoms with Crippen LogP contribution in [0.1, 0.15) is 15.8 Å². The molecule has 0 bridgehead atoms. The highest BCUT2D eigenvalue weighted by atomic mass is 35.5. The minimum absolute atomic E-state index is 0.337. The Hall–Kier alpha value is -1.10. The molecule has 0 amide bonds. The van der Waals surface area contributed by atoms with E-state index in [0.717, 1.165) is 4.88 Å². The molecule has 3 aromatic rings. The number of fused-ring (bicyclic) bond motifs is 1. The number of alkyl halides is 1. The Morgan fingerprint density at radius 3 is 2.74 bits per heavy atom. The fraction of sp³-hybridized carbons (Fsp3) is 0.143. The third kappa shape index (κ3) is 2.36. The van der Waals surface area contributed by atoms with Gasteiger partial charge >= 0.3 is 0 Å². The molecule has 0 radical (unpaired) electrons. The molecule has 5 heteroatoms. The summed E-state index contributed by atoms with van der Waals surface area (Å²) in [6.45, 7) is 0. The van der Waals surface area contributed by atoms with Crippen molar-refractivity contribution in [1.82, 2.24) is 0 Å². The Labute approximate surface area is 123 Å². The Bertz CT molecular complexity index is 691. The summed E-state index contributed by atoms with van der Waals surface area (Å²) in [5, 5.41) is 1.58. The molecule has 2 aromatic heterocycles. The summed E-state index contributed by atoms with van der Waals surface area (Å²) in [6.07, 6.45) is 0. The average molecular weight is 313 g/mol. The van der Waals surface area contributed by atoms with Crippen LogP contribution >= 0.6 is 34.3 Å². The first-order chi connectivity index (χ1) is 9.19. The standard InChI is InChI=1S/C14H10ClFOS2/c1-17-8-2-3-9(10(16)6-8)14(15)13-7-12-11(19-13)4-5-18-12/h2-7,14H,1H3. The summed E-state index contributed by atoms with van der Waals surface area (Å²) in [5.74, 6) is 0.161. The van der Waals surface area contributed by atoms with Crippen LogP contribution in [0.25, 0.3) is 9.40 Å². The van der Waals surface area contributed by atoms with E-state index >= 15 is 0 Å². The number of thiophene rings is 2. The van der Waals surface area contributed by atoms with Crippen LogP contribution in [-0.2, 0) is 0 Å². The molecule has 1 nitrogen and oxygen atoms in total. The predicted molar refractivity (Wildman–Crippen MR) is 80.4 cm³/mol. The van der Waals surface area contributed by atoms with Gasteiger partial charge in [-0.2, -0.15) is 0 Å². The van der Waals surface area contributed by atoms with Crippen molar-refractivity contribution < 1.29 is 9.13 Å². The van der Waals surface area contributed by atoms with Crippen LogP contribution in [0.3, 0.4) is 0 Å². The molecule has 1 atom stereocenters. The first kappa shape index (κ1) is 12.9. The molecule has 0 saturated heterocycles. The lowest BCUT2D eigenvalue weighted by Crippen LogP contribution is -1.95. The van der Waals surface area contributed by atoms with Crippen molar-refractivity contribution in [3.05, 3.63) is 52.0 Å². The number of rotatable bonds is 3. The number of benzene rings is 1. The topological polar surface area (TPSA) is 9.23 Å². The SMILES string of the molecule is COc1ccc(C(Cl)c2cc3sccc3s2)c(F)c1. The molecule has 0 fully saturated rings. The first-order valence-electron chi connectivity index (χ1n) is 5.63. The smallest absolute Gasteiger partial charge is 0.131 e. The third-order valence-electron chi connectivity index (χ3n) is 2.89. The molecule has 0 aliphatic carbocycles. The monoisotopic (exact) mass is 312 g/mol. The summed E-state index contributed by atoms with van der Waals surface area (Å²) < 4.78 is 21.4. The average Bonchev–Trinajstić information content (AvgIpc) is 2.98. The van der Waals surface area contributed by atoms with E-state index in [0.29, 0.717) is 11.3 Å². The van der Waals surface area contributed by atoms with Crippen molar-refractivity contribution in [3.63, 3.8) is 0 Å². The Morgan fingerprint density at radius 1 is 1.21 bits per heavy atom. The Kier molecular flexibility index (Phi) is 3.48. The van der Waals surface area contributed by atoms with Crippen molar-refractivity contribution in [3.8, 4) is 5.75 Å². The molecule has 0 saturated carbocycles.